The minimum absolute atomic E-state index is 0.0228. The predicted octanol–water partition coefficient (Wildman–Crippen LogP) is 2.96. The molecule has 1 aromatic carbocycles. The zero-order chi connectivity index (χ0) is 14.4. The van der Waals surface area contributed by atoms with Gasteiger partial charge in [0.15, 0.2) is 0 Å². The van der Waals surface area contributed by atoms with Crippen LogP contribution < -0.4 is 5.32 Å². The first-order chi connectivity index (χ1) is 10.3. The van der Waals surface area contributed by atoms with Crippen LogP contribution in [0.1, 0.15) is 38.4 Å². The van der Waals surface area contributed by atoms with Crippen LogP contribution in [0, 0.1) is 0 Å². The van der Waals surface area contributed by atoms with Crippen molar-refractivity contribution in [2.45, 2.75) is 13.0 Å². The molecule has 0 bridgehead atoms. The minimum Gasteiger partial charge on any atom is -0.348 e. The van der Waals surface area contributed by atoms with Crippen LogP contribution >= 0.6 is 0 Å². The molecule has 2 aromatic rings. The number of amides is 1. The Kier molecular flexibility index (Phi) is 2.54. The second-order valence-corrected chi connectivity index (χ2v) is 5.31. The van der Waals surface area contributed by atoms with Crippen LogP contribution in [-0.2, 0) is 13.0 Å². The molecule has 0 atom stereocenters. The number of pyridine rings is 1. The molecule has 0 saturated heterocycles. The van der Waals surface area contributed by atoms with Gasteiger partial charge in [-0.3, -0.25) is 9.78 Å². The van der Waals surface area contributed by atoms with Gasteiger partial charge in [-0.15, -0.1) is 0 Å². The Hall–Kier alpha value is -2.68. The molecule has 1 aromatic heterocycles. The molecule has 0 saturated carbocycles. The third-order valence-electron chi connectivity index (χ3n) is 4.09. The van der Waals surface area contributed by atoms with Gasteiger partial charge in [-0.25, -0.2) is 0 Å². The van der Waals surface area contributed by atoms with Crippen LogP contribution in [0.4, 0.5) is 0 Å². The van der Waals surface area contributed by atoms with Gasteiger partial charge in [0.1, 0.15) is 0 Å². The van der Waals surface area contributed by atoms with Crippen LogP contribution in [0.2, 0.25) is 0 Å². The normalized spacial score (nSPS) is 15.2. The highest BCUT2D eigenvalue weighted by molar-refractivity contribution is 5.99. The molecule has 3 nitrogen and oxygen atoms in total. The summed E-state index contributed by atoms with van der Waals surface area (Å²) in [5.41, 5.74) is 7.40. The summed E-state index contributed by atoms with van der Waals surface area (Å²) in [6.07, 6.45) is 4.82. The summed E-state index contributed by atoms with van der Waals surface area (Å²) in [5, 5.41) is 2.86. The largest absolute Gasteiger partial charge is 0.348 e. The van der Waals surface area contributed by atoms with E-state index in [9.17, 15) is 4.79 Å². The van der Waals surface area contributed by atoms with Gasteiger partial charge in [0.2, 0.25) is 0 Å². The third-order valence-corrected chi connectivity index (χ3v) is 4.09. The molecule has 0 fully saturated rings. The number of benzene rings is 1. The van der Waals surface area contributed by atoms with E-state index >= 15 is 0 Å². The zero-order valence-electron chi connectivity index (χ0n) is 11.5. The Labute approximate surface area is 123 Å². The lowest BCUT2D eigenvalue weighted by atomic mass is 9.97. The van der Waals surface area contributed by atoms with E-state index in [1.54, 1.807) is 6.08 Å². The van der Waals surface area contributed by atoms with Crippen molar-refractivity contribution in [1.82, 2.24) is 10.3 Å². The summed E-state index contributed by atoms with van der Waals surface area (Å²) in [5.74, 6) is 0.0228. The number of rotatable bonds is 2. The van der Waals surface area contributed by atoms with Gasteiger partial charge in [-0.05, 0) is 41.0 Å². The fourth-order valence-electron chi connectivity index (χ4n) is 3.01. The van der Waals surface area contributed by atoms with Gasteiger partial charge < -0.3 is 5.32 Å². The Balaban J connectivity index is 1.77. The molecule has 1 aliphatic heterocycles. The lowest BCUT2D eigenvalue weighted by Crippen LogP contribution is -2.12. The number of carbonyl (C=O) groups is 1. The molecule has 0 unspecified atom stereocenters. The van der Waals surface area contributed by atoms with Crippen LogP contribution in [0.5, 0.6) is 0 Å². The second-order valence-electron chi connectivity index (χ2n) is 5.31. The van der Waals surface area contributed by atoms with E-state index in [0.29, 0.717) is 6.54 Å². The summed E-state index contributed by atoms with van der Waals surface area (Å²) < 4.78 is 0. The number of aromatic nitrogens is 1. The number of nitrogens with zero attached hydrogens (tertiary/aromatic N) is 1. The van der Waals surface area contributed by atoms with E-state index in [2.05, 4.69) is 35.1 Å². The van der Waals surface area contributed by atoms with E-state index in [0.717, 1.165) is 34.5 Å². The third kappa shape index (κ3) is 1.82. The molecule has 21 heavy (non-hydrogen) atoms. The van der Waals surface area contributed by atoms with E-state index < -0.39 is 0 Å². The maximum atomic E-state index is 11.6. The van der Waals surface area contributed by atoms with E-state index in [1.807, 2.05) is 18.2 Å². The summed E-state index contributed by atoms with van der Waals surface area (Å²) >= 11 is 0. The molecular weight excluding hydrogens is 260 g/mol. The highest BCUT2D eigenvalue weighted by Gasteiger charge is 2.22. The first-order valence-electron chi connectivity index (χ1n) is 7.00. The molecule has 1 aliphatic carbocycles. The number of carbonyl (C=O) groups excluding carboxylic acids is 1. The van der Waals surface area contributed by atoms with Gasteiger partial charge in [-0.1, -0.05) is 24.8 Å². The van der Waals surface area contributed by atoms with Crippen LogP contribution in [-0.4, -0.2) is 10.9 Å². The van der Waals surface area contributed by atoms with E-state index in [1.165, 1.54) is 11.1 Å². The first-order valence-corrected chi connectivity index (χ1v) is 7.00. The van der Waals surface area contributed by atoms with Crippen LogP contribution in [0.15, 0.2) is 43.0 Å². The zero-order valence-corrected chi connectivity index (χ0v) is 11.5. The highest BCUT2D eigenvalue weighted by Crippen LogP contribution is 2.33. The molecular formula is C18H14N2O. The molecule has 0 radical (unpaired) electrons. The van der Waals surface area contributed by atoms with Gasteiger partial charge in [0.25, 0.3) is 5.91 Å². The van der Waals surface area contributed by atoms with Crippen molar-refractivity contribution in [1.29, 1.82) is 0 Å². The number of fused-ring (bicyclic) bond motifs is 2. The van der Waals surface area contributed by atoms with E-state index in [-0.39, 0.29) is 5.91 Å². The monoisotopic (exact) mass is 274 g/mol. The fourth-order valence-corrected chi connectivity index (χ4v) is 3.01. The van der Waals surface area contributed by atoms with E-state index in [4.69, 9.17) is 0 Å². The molecule has 0 spiro atoms. The van der Waals surface area contributed by atoms with Gasteiger partial charge in [0.05, 0.1) is 11.4 Å². The topological polar surface area (TPSA) is 42.0 Å². The Morgan fingerprint density at radius 3 is 2.90 bits per heavy atom. The summed E-state index contributed by atoms with van der Waals surface area (Å²) in [6.45, 7) is 4.38. The fraction of sp³-hybridized carbons (Fsp3) is 0.111. The number of allylic oxidation sites excluding steroid dienone is 1. The van der Waals surface area contributed by atoms with Gasteiger partial charge in [0, 0.05) is 24.1 Å². The molecule has 3 heteroatoms. The lowest BCUT2D eigenvalue weighted by Gasteiger charge is -2.08. The van der Waals surface area contributed by atoms with Crippen molar-refractivity contribution in [2.75, 3.05) is 0 Å². The Morgan fingerprint density at radius 1 is 1.19 bits per heavy atom. The summed E-state index contributed by atoms with van der Waals surface area (Å²) in [6, 6.07) is 10.1. The quantitative estimate of drug-likeness (QED) is 0.914. The molecule has 1 N–H and O–H groups in total. The average Bonchev–Trinajstić information content (AvgIpc) is 3.10. The molecule has 102 valence electrons. The molecule has 1 amide bonds. The SMILES string of the molecule is C=Cc1ccc2c(n1)CC=C2c1ccc2c(c1)CNC2=O. The number of nitrogens with one attached hydrogen (secondary N) is 1. The number of hydrogen-bond acceptors (Lipinski definition) is 2. The van der Waals surface area contributed by atoms with Crippen LogP contribution in [0.25, 0.3) is 11.6 Å². The molecule has 2 aliphatic rings. The van der Waals surface area contributed by atoms with Crippen molar-refractivity contribution >= 4 is 17.6 Å². The van der Waals surface area contributed by atoms with Crippen molar-refractivity contribution in [3.8, 4) is 0 Å². The number of hydrogen-bond donors (Lipinski definition) is 1. The predicted molar refractivity (Wildman–Crippen MR) is 82.7 cm³/mol. The maximum Gasteiger partial charge on any atom is 0.251 e. The van der Waals surface area contributed by atoms with Gasteiger partial charge in [-0.2, -0.15) is 0 Å². The Bertz CT molecular complexity index is 818. The minimum atomic E-state index is 0.0228. The second kappa shape index (κ2) is 4.42. The van der Waals surface area contributed by atoms with Crippen molar-refractivity contribution < 1.29 is 4.79 Å². The Morgan fingerprint density at radius 2 is 2.05 bits per heavy atom. The summed E-state index contributed by atoms with van der Waals surface area (Å²) in [7, 11) is 0. The lowest BCUT2D eigenvalue weighted by molar-refractivity contribution is 0.0966. The van der Waals surface area contributed by atoms with Gasteiger partial charge >= 0.3 is 0 Å². The smallest absolute Gasteiger partial charge is 0.251 e. The first kappa shape index (κ1) is 12.1. The van der Waals surface area contributed by atoms with Crippen molar-refractivity contribution in [3.05, 3.63) is 76.6 Å². The highest BCUT2D eigenvalue weighted by atomic mass is 16.1. The van der Waals surface area contributed by atoms with Crippen LogP contribution in [0.3, 0.4) is 0 Å². The summed E-state index contributed by atoms with van der Waals surface area (Å²) in [4.78, 5) is 16.2. The van der Waals surface area contributed by atoms with Crippen molar-refractivity contribution in [3.63, 3.8) is 0 Å². The molecule has 4 rings (SSSR count). The maximum absolute atomic E-state index is 11.6. The van der Waals surface area contributed by atoms with Crippen molar-refractivity contribution in [2.24, 2.45) is 0 Å². The average molecular weight is 274 g/mol. The standard InChI is InChI=1S/C18H14N2O/c1-2-13-4-6-16-14(7-8-17(16)20-13)11-3-5-15-12(9-11)10-19-18(15)21/h2-7,9H,1,8,10H2,(H,19,21). The molecule has 2 heterocycles.